The van der Waals surface area contributed by atoms with Crippen LogP contribution in [0.4, 0.5) is 0 Å². The molecule has 1 aliphatic heterocycles. The Morgan fingerprint density at radius 1 is 0.939 bits per heavy atom. The van der Waals surface area contributed by atoms with Crippen LogP contribution in [0.25, 0.3) is 22.0 Å². The number of amides is 1. The number of fused-ring (bicyclic) bond motifs is 1. The predicted molar refractivity (Wildman–Crippen MR) is 128 cm³/mol. The van der Waals surface area contributed by atoms with E-state index in [1.807, 2.05) is 30.3 Å². The van der Waals surface area contributed by atoms with E-state index in [2.05, 4.69) is 9.97 Å². The molecule has 7 nitrogen and oxygen atoms in total. The summed E-state index contributed by atoms with van der Waals surface area (Å²) in [5.74, 6) is -0.111. The number of sulfonamides is 1. The molecular weight excluding hydrogens is 460 g/mol. The van der Waals surface area contributed by atoms with Gasteiger partial charge in [-0.2, -0.15) is 4.31 Å². The van der Waals surface area contributed by atoms with Gasteiger partial charge in [0.1, 0.15) is 5.03 Å². The van der Waals surface area contributed by atoms with Crippen molar-refractivity contribution in [1.29, 1.82) is 0 Å². The van der Waals surface area contributed by atoms with Crippen LogP contribution in [-0.2, 0) is 10.0 Å². The lowest BCUT2D eigenvalue weighted by Crippen LogP contribution is -2.50. The van der Waals surface area contributed by atoms with E-state index >= 15 is 0 Å². The number of nitrogens with one attached hydrogen (secondary N) is 1. The molecule has 1 fully saturated rings. The molecule has 0 saturated carbocycles. The first kappa shape index (κ1) is 21.6. The van der Waals surface area contributed by atoms with Gasteiger partial charge >= 0.3 is 0 Å². The summed E-state index contributed by atoms with van der Waals surface area (Å²) in [7, 11) is -3.71. The highest BCUT2D eigenvalue weighted by atomic mass is 35.5. The number of H-pyrrole nitrogens is 1. The summed E-state index contributed by atoms with van der Waals surface area (Å²) in [4.78, 5) is 22.0. The maximum atomic E-state index is 13.3. The van der Waals surface area contributed by atoms with Gasteiger partial charge in [0.15, 0.2) is 0 Å². The molecule has 0 unspecified atom stereocenters. The Morgan fingerprint density at radius 2 is 1.67 bits per heavy atom. The van der Waals surface area contributed by atoms with Crippen LogP contribution in [-0.4, -0.2) is 59.7 Å². The molecule has 0 aliphatic carbocycles. The Bertz CT molecular complexity index is 1430. The third-order valence-electron chi connectivity index (χ3n) is 5.85. The standard InChI is InChI=1S/C24H21ClN4O3S/c25-19-5-6-22-18(15-19)16-23(27-22)33(31,32)29-13-11-28(12-14-29)24(30)21-4-2-1-3-20(21)17-7-9-26-10-8-17/h1-10,15-16,27H,11-14H2. The van der Waals surface area contributed by atoms with Gasteiger partial charge in [0.25, 0.3) is 15.9 Å². The van der Waals surface area contributed by atoms with Gasteiger partial charge in [0.05, 0.1) is 0 Å². The van der Waals surface area contributed by atoms with Crippen molar-refractivity contribution in [3.63, 3.8) is 0 Å². The molecule has 2 aromatic carbocycles. The number of nitrogens with zero attached hydrogens (tertiary/aromatic N) is 3. The van der Waals surface area contributed by atoms with Crippen LogP contribution < -0.4 is 0 Å². The van der Waals surface area contributed by atoms with Crippen molar-refractivity contribution in [2.75, 3.05) is 26.2 Å². The molecule has 0 atom stereocenters. The average Bonchev–Trinajstić information content (AvgIpc) is 3.28. The molecule has 5 rings (SSSR count). The predicted octanol–water partition coefficient (Wildman–Crippen LogP) is 4.03. The minimum Gasteiger partial charge on any atom is -0.345 e. The third kappa shape index (κ3) is 4.13. The molecule has 4 aromatic rings. The summed E-state index contributed by atoms with van der Waals surface area (Å²) in [6.07, 6.45) is 3.39. The number of pyridine rings is 1. The second kappa shape index (κ2) is 8.62. The van der Waals surface area contributed by atoms with E-state index in [0.29, 0.717) is 29.2 Å². The molecule has 0 spiro atoms. The summed E-state index contributed by atoms with van der Waals surface area (Å²) in [6, 6.07) is 18.0. The lowest BCUT2D eigenvalue weighted by Gasteiger charge is -2.34. The quantitative estimate of drug-likeness (QED) is 0.477. The van der Waals surface area contributed by atoms with Crippen LogP contribution in [0.3, 0.4) is 0 Å². The van der Waals surface area contributed by atoms with Gasteiger partial charge in [-0.3, -0.25) is 9.78 Å². The normalized spacial score (nSPS) is 15.1. The summed E-state index contributed by atoms with van der Waals surface area (Å²) in [6.45, 7) is 1.08. The van der Waals surface area contributed by atoms with Crippen LogP contribution in [0.5, 0.6) is 0 Å². The van der Waals surface area contributed by atoms with E-state index in [1.165, 1.54) is 4.31 Å². The first-order chi connectivity index (χ1) is 15.9. The van der Waals surface area contributed by atoms with E-state index in [4.69, 9.17) is 11.6 Å². The van der Waals surface area contributed by atoms with Gasteiger partial charge in [-0.15, -0.1) is 0 Å². The maximum Gasteiger partial charge on any atom is 0.258 e. The highest BCUT2D eigenvalue weighted by molar-refractivity contribution is 7.89. The molecule has 1 saturated heterocycles. The Balaban J connectivity index is 1.33. The van der Waals surface area contributed by atoms with Crippen molar-refractivity contribution >= 4 is 38.4 Å². The number of benzene rings is 2. The molecule has 0 radical (unpaired) electrons. The summed E-state index contributed by atoms with van der Waals surface area (Å²) >= 11 is 6.02. The Labute approximate surface area is 196 Å². The first-order valence-electron chi connectivity index (χ1n) is 10.5. The SMILES string of the molecule is O=C(c1ccccc1-c1ccncc1)N1CCN(S(=O)(=O)c2cc3cc(Cl)ccc3[nH]2)CC1. The van der Waals surface area contributed by atoms with Gasteiger partial charge in [-0.1, -0.05) is 29.8 Å². The largest absolute Gasteiger partial charge is 0.345 e. The van der Waals surface area contributed by atoms with Gasteiger partial charge in [0.2, 0.25) is 0 Å². The van der Waals surface area contributed by atoms with E-state index < -0.39 is 10.0 Å². The zero-order valence-electron chi connectivity index (χ0n) is 17.6. The molecular formula is C24H21ClN4O3S. The number of halogens is 1. The van der Waals surface area contributed by atoms with Gasteiger partial charge in [-0.25, -0.2) is 8.42 Å². The summed E-state index contributed by atoms with van der Waals surface area (Å²) in [5.41, 5.74) is 3.04. The second-order valence-electron chi connectivity index (χ2n) is 7.84. The van der Waals surface area contributed by atoms with Crippen molar-refractivity contribution < 1.29 is 13.2 Å². The van der Waals surface area contributed by atoms with Crippen LogP contribution >= 0.6 is 11.6 Å². The number of carbonyl (C=O) groups is 1. The van der Waals surface area contributed by atoms with E-state index in [1.54, 1.807) is 47.6 Å². The van der Waals surface area contributed by atoms with Crippen LogP contribution in [0.15, 0.2) is 78.1 Å². The molecule has 9 heteroatoms. The van der Waals surface area contributed by atoms with Crippen LogP contribution in [0.2, 0.25) is 5.02 Å². The molecule has 1 N–H and O–H groups in total. The fourth-order valence-corrected chi connectivity index (χ4v) is 5.73. The molecule has 0 bridgehead atoms. The molecule has 2 aromatic heterocycles. The number of hydrogen-bond acceptors (Lipinski definition) is 4. The topological polar surface area (TPSA) is 86.4 Å². The van der Waals surface area contributed by atoms with Crippen LogP contribution in [0.1, 0.15) is 10.4 Å². The minimum atomic E-state index is -3.71. The zero-order valence-corrected chi connectivity index (χ0v) is 19.2. The van der Waals surface area contributed by atoms with Crippen molar-refractivity contribution in [2.24, 2.45) is 0 Å². The molecule has 1 aliphatic rings. The average molecular weight is 481 g/mol. The fraction of sp³-hybridized carbons (Fsp3) is 0.167. The first-order valence-corrected chi connectivity index (χ1v) is 12.3. The van der Waals surface area contributed by atoms with E-state index in [0.717, 1.165) is 16.5 Å². The molecule has 33 heavy (non-hydrogen) atoms. The van der Waals surface area contributed by atoms with Crippen LogP contribution in [0, 0.1) is 0 Å². The van der Waals surface area contributed by atoms with Gasteiger partial charge in [0, 0.05) is 60.1 Å². The van der Waals surface area contributed by atoms with Crippen molar-refractivity contribution in [2.45, 2.75) is 5.03 Å². The van der Waals surface area contributed by atoms with Gasteiger partial charge in [-0.05, 0) is 53.6 Å². The lowest BCUT2D eigenvalue weighted by atomic mass is 9.99. The molecule has 1 amide bonds. The third-order valence-corrected chi connectivity index (χ3v) is 7.91. The number of piperazine rings is 1. The summed E-state index contributed by atoms with van der Waals surface area (Å²) < 4.78 is 27.8. The summed E-state index contributed by atoms with van der Waals surface area (Å²) in [5, 5.41) is 1.41. The van der Waals surface area contributed by atoms with Crippen molar-refractivity contribution in [1.82, 2.24) is 19.2 Å². The van der Waals surface area contributed by atoms with E-state index in [9.17, 15) is 13.2 Å². The maximum absolute atomic E-state index is 13.3. The monoisotopic (exact) mass is 480 g/mol. The minimum absolute atomic E-state index is 0.111. The number of aromatic amines is 1. The number of hydrogen-bond donors (Lipinski definition) is 1. The van der Waals surface area contributed by atoms with Gasteiger partial charge < -0.3 is 9.88 Å². The number of aromatic nitrogens is 2. The van der Waals surface area contributed by atoms with E-state index in [-0.39, 0.29) is 24.0 Å². The molecule has 168 valence electrons. The fourth-order valence-electron chi connectivity index (χ4n) is 4.11. The highest BCUT2D eigenvalue weighted by Crippen LogP contribution is 2.27. The Hall–Kier alpha value is -3.20. The van der Waals surface area contributed by atoms with Crippen molar-refractivity contribution in [3.05, 3.63) is 83.6 Å². The zero-order chi connectivity index (χ0) is 23.0. The smallest absolute Gasteiger partial charge is 0.258 e. The number of rotatable bonds is 4. The Morgan fingerprint density at radius 3 is 2.42 bits per heavy atom. The highest BCUT2D eigenvalue weighted by Gasteiger charge is 2.32. The number of carbonyl (C=O) groups excluding carboxylic acids is 1. The second-order valence-corrected chi connectivity index (χ2v) is 10.2. The molecule has 3 heterocycles. The lowest BCUT2D eigenvalue weighted by molar-refractivity contribution is 0.0698. The van der Waals surface area contributed by atoms with Crippen molar-refractivity contribution in [3.8, 4) is 11.1 Å². The Kier molecular flexibility index (Phi) is 5.65.